The van der Waals surface area contributed by atoms with Gasteiger partial charge in [0.25, 0.3) is 5.91 Å². The minimum atomic E-state index is -0.232. The van der Waals surface area contributed by atoms with E-state index in [4.69, 9.17) is 4.74 Å². The molecule has 0 spiro atoms. The molecule has 2 aromatic heterocycles. The standard InChI is InChI=1S/C20H16N4O2/c25-20(21-14-19-23-22-18-12-6-7-13-24(18)19)16-10-4-5-11-17(16)26-15-8-2-1-3-9-15/h1-13H,14H2,(H,21,25). The molecule has 4 aromatic rings. The molecule has 0 atom stereocenters. The normalized spacial score (nSPS) is 10.6. The fraction of sp³-hybridized carbons (Fsp3) is 0.0500. The van der Waals surface area contributed by atoms with Crippen LogP contribution in [0.25, 0.3) is 5.65 Å². The van der Waals surface area contributed by atoms with E-state index in [1.54, 1.807) is 18.2 Å². The van der Waals surface area contributed by atoms with Crippen molar-refractivity contribution in [2.75, 3.05) is 0 Å². The number of fused-ring (bicyclic) bond motifs is 1. The van der Waals surface area contributed by atoms with Gasteiger partial charge in [-0.25, -0.2) is 0 Å². The molecule has 1 N–H and O–H groups in total. The number of amides is 1. The van der Waals surface area contributed by atoms with E-state index in [-0.39, 0.29) is 12.5 Å². The number of nitrogens with zero attached hydrogens (tertiary/aromatic N) is 3. The van der Waals surface area contributed by atoms with E-state index in [9.17, 15) is 4.79 Å². The number of benzene rings is 2. The molecule has 0 unspecified atom stereocenters. The zero-order chi connectivity index (χ0) is 17.8. The average Bonchev–Trinajstić information content (AvgIpc) is 3.10. The van der Waals surface area contributed by atoms with Crippen molar-refractivity contribution in [1.82, 2.24) is 19.9 Å². The van der Waals surface area contributed by atoms with Crippen molar-refractivity contribution in [3.8, 4) is 11.5 Å². The van der Waals surface area contributed by atoms with Crippen LogP contribution in [0.5, 0.6) is 11.5 Å². The van der Waals surface area contributed by atoms with Crippen molar-refractivity contribution in [3.63, 3.8) is 0 Å². The van der Waals surface area contributed by atoms with Gasteiger partial charge >= 0.3 is 0 Å². The predicted octanol–water partition coefficient (Wildman–Crippen LogP) is 3.45. The molecular formula is C20H16N4O2. The van der Waals surface area contributed by atoms with Crippen molar-refractivity contribution in [2.45, 2.75) is 6.54 Å². The number of carbonyl (C=O) groups is 1. The van der Waals surface area contributed by atoms with Crippen LogP contribution in [0.2, 0.25) is 0 Å². The fourth-order valence-electron chi connectivity index (χ4n) is 2.62. The molecule has 0 aliphatic heterocycles. The van der Waals surface area contributed by atoms with Crippen LogP contribution in [0.15, 0.2) is 79.0 Å². The number of para-hydroxylation sites is 2. The number of hydrogen-bond donors (Lipinski definition) is 1. The summed E-state index contributed by atoms with van der Waals surface area (Å²) in [7, 11) is 0. The van der Waals surface area contributed by atoms with Crippen molar-refractivity contribution < 1.29 is 9.53 Å². The SMILES string of the molecule is O=C(NCc1nnc2ccccn12)c1ccccc1Oc1ccccc1. The maximum absolute atomic E-state index is 12.6. The molecule has 6 heteroatoms. The second-order valence-electron chi connectivity index (χ2n) is 5.64. The second kappa shape index (κ2) is 7.06. The van der Waals surface area contributed by atoms with Crippen LogP contribution in [0, 0.1) is 0 Å². The van der Waals surface area contributed by atoms with E-state index < -0.39 is 0 Å². The first-order valence-corrected chi connectivity index (χ1v) is 8.20. The molecule has 0 bridgehead atoms. The van der Waals surface area contributed by atoms with Gasteiger partial charge < -0.3 is 10.1 Å². The van der Waals surface area contributed by atoms with E-state index in [0.717, 1.165) is 5.65 Å². The smallest absolute Gasteiger partial charge is 0.255 e. The molecule has 2 aromatic carbocycles. The second-order valence-corrected chi connectivity index (χ2v) is 5.64. The van der Waals surface area contributed by atoms with Crippen molar-refractivity contribution in [2.24, 2.45) is 0 Å². The Hall–Kier alpha value is -3.67. The Balaban J connectivity index is 1.51. The van der Waals surface area contributed by atoms with Gasteiger partial charge in [0.1, 0.15) is 11.5 Å². The van der Waals surface area contributed by atoms with Crippen LogP contribution in [0.1, 0.15) is 16.2 Å². The monoisotopic (exact) mass is 344 g/mol. The third-order valence-corrected chi connectivity index (χ3v) is 3.89. The summed E-state index contributed by atoms with van der Waals surface area (Å²) in [4.78, 5) is 12.6. The molecule has 1 amide bonds. The number of pyridine rings is 1. The zero-order valence-corrected chi connectivity index (χ0v) is 13.9. The number of hydrogen-bond acceptors (Lipinski definition) is 4. The van der Waals surface area contributed by atoms with Gasteiger partial charge in [-0.3, -0.25) is 9.20 Å². The molecule has 2 heterocycles. The lowest BCUT2D eigenvalue weighted by molar-refractivity contribution is 0.0947. The molecule has 0 aliphatic rings. The first-order chi connectivity index (χ1) is 12.8. The van der Waals surface area contributed by atoms with Gasteiger partial charge in [-0.15, -0.1) is 10.2 Å². The zero-order valence-electron chi connectivity index (χ0n) is 13.9. The number of aromatic nitrogens is 3. The molecule has 4 rings (SSSR count). The molecule has 26 heavy (non-hydrogen) atoms. The summed E-state index contributed by atoms with van der Waals surface area (Å²) in [6.45, 7) is 0.268. The molecule has 0 fully saturated rings. The Morgan fingerprint density at radius 2 is 1.69 bits per heavy atom. The topological polar surface area (TPSA) is 68.5 Å². The molecule has 0 aliphatic carbocycles. The van der Waals surface area contributed by atoms with Gasteiger partial charge in [-0.1, -0.05) is 36.4 Å². The third kappa shape index (κ3) is 3.25. The van der Waals surface area contributed by atoms with Crippen molar-refractivity contribution >= 4 is 11.6 Å². The Labute approximate surface area is 150 Å². The minimum absolute atomic E-state index is 0.232. The van der Waals surface area contributed by atoms with Crippen molar-refractivity contribution in [3.05, 3.63) is 90.4 Å². The summed E-state index contributed by atoms with van der Waals surface area (Å²) in [6.07, 6.45) is 1.86. The van der Waals surface area contributed by atoms with Crippen LogP contribution < -0.4 is 10.1 Å². The molecule has 0 saturated carbocycles. The van der Waals surface area contributed by atoms with Crippen LogP contribution in [-0.4, -0.2) is 20.5 Å². The Kier molecular flexibility index (Phi) is 4.30. The van der Waals surface area contributed by atoms with Gasteiger partial charge in [0, 0.05) is 6.20 Å². The van der Waals surface area contributed by atoms with E-state index in [1.165, 1.54) is 0 Å². The number of carbonyl (C=O) groups excluding carboxylic acids is 1. The predicted molar refractivity (Wildman–Crippen MR) is 97.1 cm³/mol. The number of rotatable bonds is 5. The van der Waals surface area contributed by atoms with E-state index in [0.29, 0.717) is 22.9 Å². The first kappa shape index (κ1) is 15.8. The van der Waals surface area contributed by atoms with Crippen LogP contribution >= 0.6 is 0 Å². The lowest BCUT2D eigenvalue weighted by Crippen LogP contribution is -2.24. The van der Waals surface area contributed by atoms with E-state index >= 15 is 0 Å². The molecule has 128 valence electrons. The largest absolute Gasteiger partial charge is 0.457 e. The highest BCUT2D eigenvalue weighted by Gasteiger charge is 2.14. The number of ether oxygens (including phenoxy) is 1. The summed E-state index contributed by atoms with van der Waals surface area (Å²) in [5, 5.41) is 11.1. The summed E-state index contributed by atoms with van der Waals surface area (Å²) in [5.74, 6) is 1.61. The molecular weight excluding hydrogens is 328 g/mol. The highest BCUT2D eigenvalue weighted by molar-refractivity contribution is 5.96. The minimum Gasteiger partial charge on any atom is -0.457 e. The third-order valence-electron chi connectivity index (χ3n) is 3.89. The van der Waals surface area contributed by atoms with Crippen LogP contribution in [0.4, 0.5) is 0 Å². The summed E-state index contributed by atoms with van der Waals surface area (Å²) < 4.78 is 7.68. The van der Waals surface area contributed by atoms with E-state index in [2.05, 4.69) is 15.5 Å². The Bertz CT molecular complexity index is 1040. The highest BCUT2D eigenvalue weighted by Crippen LogP contribution is 2.25. The Morgan fingerprint density at radius 1 is 0.923 bits per heavy atom. The fourth-order valence-corrected chi connectivity index (χ4v) is 2.62. The van der Waals surface area contributed by atoms with Crippen LogP contribution in [-0.2, 0) is 6.54 Å². The maximum Gasteiger partial charge on any atom is 0.255 e. The highest BCUT2D eigenvalue weighted by atomic mass is 16.5. The van der Waals surface area contributed by atoms with Crippen molar-refractivity contribution in [1.29, 1.82) is 0 Å². The lowest BCUT2D eigenvalue weighted by atomic mass is 10.2. The molecule has 0 saturated heterocycles. The van der Waals surface area contributed by atoms with E-state index in [1.807, 2.05) is 65.2 Å². The molecule has 6 nitrogen and oxygen atoms in total. The summed E-state index contributed by atoms with van der Waals surface area (Å²) in [6, 6.07) is 22.2. The van der Waals surface area contributed by atoms with Gasteiger partial charge in [0.15, 0.2) is 11.5 Å². The van der Waals surface area contributed by atoms with Gasteiger partial charge in [0.05, 0.1) is 12.1 Å². The summed E-state index contributed by atoms with van der Waals surface area (Å²) >= 11 is 0. The molecule has 0 radical (unpaired) electrons. The van der Waals surface area contributed by atoms with Gasteiger partial charge in [-0.05, 0) is 36.4 Å². The average molecular weight is 344 g/mol. The summed E-state index contributed by atoms with van der Waals surface area (Å²) in [5.41, 5.74) is 1.20. The van der Waals surface area contributed by atoms with Gasteiger partial charge in [0.2, 0.25) is 0 Å². The Morgan fingerprint density at radius 3 is 2.58 bits per heavy atom. The quantitative estimate of drug-likeness (QED) is 0.602. The van der Waals surface area contributed by atoms with Gasteiger partial charge in [-0.2, -0.15) is 0 Å². The first-order valence-electron chi connectivity index (χ1n) is 8.20. The maximum atomic E-state index is 12.6. The lowest BCUT2D eigenvalue weighted by Gasteiger charge is -2.11. The number of nitrogens with one attached hydrogen (secondary N) is 1. The van der Waals surface area contributed by atoms with Crippen LogP contribution in [0.3, 0.4) is 0 Å².